The third kappa shape index (κ3) is 4.08. The Morgan fingerprint density at radius 3 is 2.41 bits per heavy atom. The van der Waals surface area contributed by atoms with Crippen molar-refractivity contribution >= 4 is 17.1 Å². The lowest BCUT2D eigenvalue weighted by atomic mass is 10.3. The predicted molar refractivity (Wildman–Crippen MR) is 120 cm³/mol. The Hall–Kier alpha value is -3.31. The number of aromatic nitrogens is 4. The van der Waals surface area contributed by atoms with Crippen LogP contribution in [-0.2, 0) is 20.6 Å². The van der Waals surface area contributed by atoms with Crippen molar-refractivity contribution in [1.82, 2.24) is 24.0 Å². The third-order valence-electron chi connectivity index (χ3n) is 5.62. The second-order valence-electron chi connectivity index (χ2n) is 7.78. The molecule has 0 radical (unpaired) electrons. The lowest BCUT2D eigenvalue weighted by Gasteiger charge is -2.29. The maximum absolute atomic E-state index is 13.0. The Morgan fingerprint density at radius 2 is 1.75 bits per heavy atom. The fourth-order valence-corrected chi connectivity index (χ4v) is 3.84. The van der Waals surface area contributed by atoms with Gasteiger partial charge >= 0.3 is 5.69 Å². The maximum Gasteiger partial charge on any atom is 0.332 e. The van der Waals surface area contributed by atoms with E-state index in [2.05, 4.69) is 15.2 Å². The molecular weight excluding hydrogens is 416 g/mol. The molecule has 1 fully saturated rings. The summed E-state index contributed by atoms with van der Waals surface area (Å²) in [5.74, 6) is 1.87. The van der Waals surface area contributed by atoms with Gasteiger partial charge in [0.15, 0.2) is 11.2 Å². The molecule has 1 aliphatic heterocycles. The second kappa shape index (κ2) is 9.05. The van der Waals surface area contributed by atoms with E-state index < -0.39 is 17.4 Å². The van der Waals surface area contributed by atoms with Crippen LogP contribution in [-0.4, -0.2) is 69.8 Å². The van der Waals surface area contributed by atoms with Gasteiger partial charge in [-0.25, -0.2) is 4.79 Å². The Morgan fingerprint density at radius 1 is 1.09 bits per heavy atom. The molecule has 1 aromatic carbocycles. The van der Waals surface area contributed by atoms with Crippen LogP contribution in [0.3, 0.4) is 0 Å². The van der Waals surface area contributed by atoms with Crippen LogP contribution in [0.1, 0.15) is 0 Å². The highest BCUT2D eigenvalue weighted by atomic mass is 16.5. The summed E-state index contributed by atoms with van der Waals surface area (Å²) in [6, 6.07) is 7.07. The van der Waals surface area contributed by atoms with Gasteiger partial charge in [-0.3, -0.25) is 13.9 Å². The lowest BCUT2D eigenvalue weighted by Crippen LogP contribution is -2.45. The van der Waals surface area contributed by atoms with Crippen molar-refractivity contribution in [3.63, 3.8) is 0 Å². The summed E-state index contributed by atoms with van der Waals surface area (Å²) in [7, 11) is 4.62. The molecule has 32 heavy (non-hydrogen) atoms. The Bertz CT molecular complexity index is 1210. The normalized spacial score (nSPS) is 15.2. The quantitative estimate of drug-likeness (QED) is 0.491. The van der Waals surface area contributed by atoms with E-state index in [1.165, 1.54) is 11.6 Å². The zero-order valence-electron chi connectivity index (χ0n) is 18.4. The van der Waals surface area contributed by atoms with E-state index in [0.717, 1.165) is 17.7 Å². The van der Waals surface area contributed by atoms with Gasteiger partial charge in [0.05, 0.1) is 13.7 Å². The molecule has 0 bridgehead atoms. The highest BCUT2D eigenvalue weighted by Crippen LogP contribution is 2.21. The molecule has 3 heterocycles. The number of fused-ring (bicyclic) bond motifs is 1. The van der Waals surface area contributed by atoms with Crippen LogP contribution in [0.5, 0.6) is 11.5 Å². The van der Waals surface area contributed by atoms with Crippen LogP contribution in [0.15, 0.2) is 33.9 Å². The molecular formula is C21H28N6O5. The van der Waals surface area contributed by atoms with Crippen molar-refractivity contribution < 1.29 is 14.6 Å². The molecule has 3 aromatic rings. The average molecular weight is 444 g/mol. The monoisotopic (exact) mass is 444 g/mol. The summed E-state index contributed by atoms with van der Waals surface area (Å²) in [5.41, 5.74) is -0.302. The van der Waals surface area contributed by atoms with Gasteiger partial charge in [0.25, 0.3) is 5.56 Å². The first-order chi connectivity index (χ1) is 15.4. The molecule has 1 saturated heterocycles. The number of aliphatic hydroxyl groups excluding tert-OH is 1. The van der Waals surface area contributed by atoms with Crippen LogP contribution < -0.4 is 30.9 Å². The van der Waals surface area contributed by atoms with Crippen molar-refractivity contribution in [2.45, 2.75) is 12.6 Å². The third-order valence-corrected chi connectivity index (χ3v) is 5.62. The van der Waals surface area contributed by atoms with Crippen molar-refractivity contribution in [2.24, 2.45) is 14.1 Å². The van der Waals surface area contributed by atoms with Gasteiger partial charge < -0.3 is 29.4 Å². The first-order valence-electron chi connectivity index (χ1n) is 10.5. The van der Waals surface area contributed by atoms with E-state index in [0.29, 0.717) is 36.2 Å². The molecule has 2 N–H and O–H groups in total. The Kier molecular flexibility index (Phi) is 6.19. The minimum Gasteiger partial charge on any atom is -0.497 e. The number of imidazole rings is 1. The van der Waals surface area contributed by atoms with E-state index in [4.69, 9.17) is 9.47 Å². The average Bonchev–Trinajstić information content (AvgIpc) is 3.20. The van der Waals surface area contributed by atoms with Crippen molar-refractivity contribution in [3.05, 3.63) is 45.1 Å². The molecule has 11 nitrogen and oxygen atoms in total. The number of nitrogens with one attached hydrogen (secondary N) is 1. The molecule has 1 aliphatic rings. The smallest absolute Gasteiger partial charge is 0.332 e. The number of hydrogen-bond donors (Lipinski definition) is 2. The first kappa shape index (κ1) is 21.9. The number of aryl methyl sites for hydroxylation is 1. The van der Waals surface area contributed by atoms with E-state index in [9.17, 15) is 14.7 Å². The highest BCUT2D eigenvalue weighted by molar-refractivity contribution is 5.74. The van der Waals surface area contributed by atoms with Crippen LogP contribution in [0.2, 0.25) is 0 Å². The number of benzene rings is 1. The second-order valence-corrected chi connectivity index (χ2v) is 7.78. The minimum absolute atomic E-state index is 0.0269. The summed E-state index contributed by atoms with van der Waals surface area (Å²) in [4.78, 5) is 32.1. The number of ether oxygens (including phenoxy) is 2. The Labute approximate surface area is 184 Å². The van der Waals surface area contributed by atoms with E-state index in [-0.39, 0.29) is 18.7 Å². The number of aliphatic hydroxyl groups is 1. The first-order valence-corrected chi connectivity index (χ1v) is 10.5. The van der Waals surface area contributed by atoms with Crippen molar-refractivity contribution in [3.8, 4) is 11.5 Å². The SMILES string of the molecule is COc1ccc(OC[C@@H](O)Cn2c(N3CCNCC3)nc3c2c(=O)n(C)c(=O)n3C)cc1. The molecule has 172 valence electrons. The van der Waals surface area contributed by atoms with Gasteiger partial charge in [0, 0.05) is 40.3 Å². The molecule has 2 aromatic heterocycles. The number of hydrogen-bond acceptors (Lipinski definition) is 8. The van der Waals surface area contributed by atoms with Gasteiger partial charge in [-0.2, -0.15) is 4.98 Å². The highest BCUT2D eigenvalue weighted by Gasteiger charge is 2.25. The number of anilines is 1. The molecule has 0 amide bonds. The van der Waals surface area contributed by atoms with E-state index >= 15 is 0 Å². The van der Waals surface area contributed by atoms with Gasteiger partial charge in [0.1, 0.15) is 24.2 Å². The number of nitrogens with zero attached hydrogens (tertiary/aromatic N) is 5. The predicted octanol–water partition coefficient (Wildman–Crippen LogP) is -0.708. The van der Waals surface area contributed by atoms with Gasteiger partial charge in [-0.1, -0.05) is 0 Å². The molecule has 4 rings (SSSR count). The topological polar surface area (TPSA) is 116 Å². The van der Waals surface area contributed by atoms with Gasteiger partial charge in [0.2, 0.25) is 5.95 Å². The molecule has 0 aliphatic carbocycles. The van der Waals surface area contributed by atoms with Crippen LogP contribution in [0, 0.1) is 0 Å². The molecule has 1 atom stereocenters. The number of piperazine rings is 1. The summed E-state index contributed by atoms with van der Waals surface area (Å²) < 4.78 is 15.0. The van der Waals surface area contributed by atoms with Gasteiger partial charge in [-0.05, 0) is 24.3 Å². The standard InChI is InChI=1S/C21H28N6O5/c1-24-18-17(19(29)25(2)21(24)30)27(20(23-18)26-10-8-22-9-11-26)12-14(28)13-32-16-6-4-15(31-3)5-7-16/h4-7,14,22,28H,8-13H2,1-3H3/t14-/m0/s1. The summed E-state index contributed by atoms with van der Waals surface area (Å²) in [5, 5.41) is 14.0. The maximum atomic E-state index is 13.0. The minimum atomic E-state index is -0.905. The fourth-order valence-electron chi connectivity index (χ4n) is 3.84. The summed E-state index contributed by atoms with van der Waals surface area (Å²) >= 11 is 0. The molecule has 0 saturated carbocycles. The fraction of sp³-hybridized carbons (Fsp3) is 0.476. The summed E-state index contributed by atoms with van der Waals surface area (Å²) in [6.07, 6.45) is -0.905. The molecule has 0 unspecified atom stereocenters. The number of rotatable bonds is 7. The molecule has 11 heteroatoms. The Balaban J connectivity index is 1.66. The lowest BCUT2D eigenvalue weighted by molar-refractivity contribution is 0.0935. The van der Waals surface area contributed by atoms with Crippen LogP contribution in [0.4, 0.5) is 5.95 Å². The van der Waals surface area contributed by atoms with E-state index in [1.54, 1.807) is 43.0 Å². The van der Waals surface area contributed by atoms with Gasteiger partial charge in [-0.15, -0.1) is 0 Å². The van der Waals surface area contributed by atoms with Crippen LogP contribution in [0.25, 0.3) is 11.2 Å². The van der Waals surface area contributed by atoms with E-state index in [1.807, 2.05) is 0 Å². The van der Waals surface area contributed by atoms with Crippen molar-refractivity contribution in [1.29, 1.82) is 0 Å². The largest absolute Gasteiger partial charge is 0.497 e. The van der Waals surface area contributed by atoms with Crippen LogP contribution >= 0.6 is 0 Å². The zero-order chi connectivity index (χ0) is 22.8. The van der Waals surface area contributed by atoms with Crippen molar-refractivity contribution in [2.75, 3.05) is 44.8 Å². The molecule has 0 spiro atoms. The summed E-state index contributed by atoms with van der Waals surface area (Å²) in [6.45, 7) is 3.09. The number of methoxy groups -OCH3 is 1. The zero-order valence-corrected chi connectivity index (χ0v) is 18.4.